The van der Waals surface area contributed by atoms with Gasteiger partial charge in [-0.25, -0.2) is 0 Å². The molecule has 2 heteroatoms. The van der Waals surface area contributed by atoms with E-state index in [0.717, 1.165) is 72.0 Å². The van der Waals surface area contributed by atoms with E-state index in [4.69, 9.17) is 9.90 Å². The minimum absolute atomic E-state index is 0.0537. The first-order valence-electron chi connectivity index (χ1n) is 21.2. The number of furan rings is 1. The number of fused-ring (bicyclic) bond motifs is 8. The zero-order chi connectivity index (χ0) is 41.0. The van der Waals surface area contributed by atoms with Crippen LogP contribution in [-0.2, 0) is 5.41 Å². The molecule has 53 heavy (non-hydrogen) atoms. The number of nitrogens with zero attached hydrogens (tertiary/aromatic N) is 1. The average molecular weight is 683 g/mol. The van der Waals surface area contributed by atoms with Gasteiger partial charge in [0.1, 0.15) is 11.2 Å². The molecule has 2 nitrogen and oxygen atoms in total. The van der Waals surface area contributed by atoms with Gasteiger partial charge in [0.2, 0.25) is 0 Å². The van der Waals surface area contributed by atoms with E-state index in [2.05, 4.69) is 77.7 Å². The van der Waals surface area contributed by atoms with E-state index in [1.54, 1.807) is 0 Å². The summed E-state index contributed by atoms with van der Waals surface area (Å²) >= 11 is 0. The van der Waals surface area contributed by atoms with Gasteiger partial charge in [0.15, 0.2) is 0 Å². The molecule has 248 valence electrons. The Morgan fingerprint density at radius 1 is 0.415 bits per heavy atom. The minimum Gasteiger partial charge on any atom is -0.456 e. The Labute approximate surface area is 317 Å². The van der Waals surface area contributed by atoms with Crippen molar-refractivity contribution in [2.24, 2.45) is 0 Å². The highest BCUT2D eigenvalue weighted by Crippen LogP contribution is 2.58. The second-order valence-corrected chi connectivity index (χ2v) is 13.5. The predicted molar refractivity (Wildman–Crippen MR) is 221 cm³/mol. The van der Waals surface area contributed by atoms with Crippen molar-refractivity contribution in [1.82, 2.24) is 0 Å². The van der Waals surface area contributed by atoms with Crippen molar-refractivity contribution in [3.63, 3.8) is 0 Å². The van der Waals surface area contributed by atoms with Crippen molar-refractivity contribution in [1.29, 1.82) is 0 Å². The summed E-state index contributed by atoms with van der Waals surface area (Å²) < 4.78 is 70.4. The van der Waals surface area contributed by atoms with Crippen molar-refractivity contribution in [3.05, 3.63) is 222 Å². The van der Waals surface area contributed by atoms with E-state index in [0.29, 0.717) is 5.58 Å². The molecule has 0 amide bonds. The molecule has 1 aliphatic carbocycles. The molecular weight excluding hydrogens is 643 g/mol. The van der Waals surface area contributed by atoms with E-state index in [-0.39, 0.29) is 28.4 Å². The molecule has 1 heterocycles. The summed E-state index contributed by atoms with van der Waals surface area (Å²) in [6.07, 6.45) is 0. The van der Waals surface area contributed by atoms with Crippen molar-refractivity contribution >= 4 is 60.5 Å². The maximum atomic E-state index is 9.81. The van der Waals surface area contributed by atoms with E-state index in [1.807, 2.05) is 84.9 Å². The lowest BCUT2D eigenvalue weighted by molar-refractivity contribution is 0.668. The van der Waals surface area contributed by atoms with Crippen molar-refractivity contribution in [3.8, 4) is 11.1 Å². The normalized spacial score (nSPS) is 16.7. The maximum Gasteiger partial charge on any atom is 0.135 e. The molecule has 1 unspecified atom stereocenters. The van der Waals surface area contributed by atoms with Gasteiger partial charge in [-0.1, -0.05) is 145 Å². The van der Waals surface area contributed by atoms with E-state index in [1.165, 1.54) is 0 Å². The van der Waals surface area contributed by atoms with E-state index >= 15 is 0 Å². The second kappa shape index (κ2) is 11.6. The van der Waals surface area contributed by atoms with Crippen LogP contribution >= 0.6 is 0 Å². The molecule has 0 fully saturated rings. The minimum atomic E-state index is -1.38. The van der Waals surface area contributed by atoms with Crippen LogP contribution in [0.1, 0.15) is 31.8 Å². The number of hydrogen-bond donors (Lipinski definition) is 0. The highest BCUT2D eigenvalue weighted by molar-refractivity contribution is 6.06. The maximum absolute atomic E-state index is 9.81. The van der Waals surface area contributed by atoms with Crippen LogP contribution in [-0.4, -0.2) is 0 Å². The van der Waals surface area contributed by atoms with E-state index in [9.17, 15) is 4.11 Å². The highest BCUT2D eigenvalue weighted by Gasteiger charge is 2.47. The zero-order valence-electron chi connectivity index (χ0n) is 35.4. The molecule has 0 saturated heterocycles. The monoisotopic (exact) mass is 682 g/mol. The SMILES string of the molecule is [2H]c1c([2H])c([2H])c2c(C3(c4ccc5oc6ccccc6c5c4)c4ccccc4-c4cc(N(c5ccccc5)c5ccc6ccccc6c5)ccc43)c([2H])c([2H])c([2H])c2c1[2H]. The summed E-state index contributed by atoms with van der Waals surface area (Å²) in [4.78, 5) is 2.22. The third kappa shape index (κ3) is 4.39. The summed E-state index contributed by atoms with van der Waals surface area (Å²) in [5.41, 5.74) is 7.12. The highest BCUT2D eigenvalue weighted by atomic mass is 16.3. The van der Waals surface area contributed by atoms with Crippen LogP contribution in [0, 0.1) is 0 Å². The number of hydrogen-bond acceptors (Lipinski definition) is 2. The van der Waals surface area contributed by atoms with Crippen molar-refractivity contribution in [2.75, 3.05) is 4.90 Å². The molecule has 11 rings (SSSR count). The molecule has 0 radical (unpaired) electrons. The van der Waals surface area contributed by atoms with Gasteiger partial charge in [0.05, 0.1) is 15.0 Å². The smallest absolute Gasteiger partial charge is 0.135 e. The summed E-state index contributed by atoms with van der Waals surface area (Å²) in [6.45, 7) is 0. The third-order valence-electron chi connectivity index (χ3n) is 10.8. The first kappa shape index (κ1) is 23.6. The Morgan fingerprint density at radius 3 is 2.08 bits per heavy atom. The van der Waals surface area contributed by atoms with Crippen LogP contribution in [0.2, 0.25) is 0 Å². The molecular formula is C51H33NO. The molecule has 0 saturated carbocycles. The Kier molecular flexibility index (Phi) is 5.14. The molecule has 10 aromatic rings. The summed E-state index contributed by atoms with van der Waals surface area (Å²) in [5, 5.41) is 3.96. The number of rotatable bonds is 5. The Bertz CT molecular complexity index is 3430. The van der Waals surface area contributed by atoms with Gasteiger partial charge in [-0.05, 0) is 110 Å². The Balaban J connectivity index is 1.28. The standard InChI is InChI=1S/C51H33NO/c1-2-17-38(18-3-1)52(39-27-25-34-13-4-5-15-36(34)31-39)40-28-29-48-44(33-40)42-20-8-10-22-47(42)51(48,46-23-12-16-35-14-6-7-19-41(35)46)37-26-30-50-45(32-37)43-21-9-11-24-49(43)53-50/h1-33H/i6D,7D,12D,14D,16D,19D,23D. The fourth-order valence-corrected chi connectivity index (χ4v) is 8.53. The van der Waals surface area contributed by atoms with Crippen LogP contribution in [0.3, 0.4) is 0 Å². The summed E-state index contributed by atoms with van der Waals surface area (Å²) in [7, 11) is 0. The number of anilines is 3. The topological polar surface area (TPSA) is 16.4 Å². The Hall–Kier alpha value is -6.90. The van der Waals surface area contributed by atoms with Gasteiger partial charge in [-0.2, -0.15) is 0 Å². The van der Waals surface area contributed by atoms with Gasteiger partial charge in [-0.3, -0.25) is 0 Å². The molecule has 0 spiro atoms. The van der Waals surface area contributed by atoms with Crippen LogP contribution in [0.5, 0.6) is 0 Å². The van der Waals surface area contributed by atoms with Crippen LogP contribution in [0.25, 0.3) is 54.6 Å². The van der Waals surface area contributed by atoms with Crippen molar-refractivity contribution < 1.29 is 14.0 Å². The second-order valence-electron chi connectivity index (χ2n) is 13.5. The van der Waals surface area contributed by atoms with Crippen LogP contribution < -0.4 is 4.90 Å². The van der Waals surface area contributed by atoms with Gasteiger partial charge < -0.3 is 9.32 Å². The largest absolute Gasteiger partial charge is 0.456 e. The fraction of sp³-hybridized carbons (Fsp3) is 0.0196. The molecule has 0 aliphatic heterocycles. The molecule has 0 N–H and O–H groups in total. The summed E-state index contributed by atoms with van der Waals surface area (Å²) in [6, 6.07) is 50.1. The third-order valence-corrected chi connectivity index (χ3v) is 10.8. The van der Waals surface area contributed by atoms with Crippen molar-refractivity contribution in [2.45, 2.75) is 5.41 Å². The van der Waals surface area contributed by atoms with Gasteiger partial charge in [0, 0.05) is 27.8 Å². The molecule has 1 aromatic heterocycles. The fourth-order valence-electron chi connectivity index (χ4n) is 8.53. The lowest BCUT2D eigenvalue weighted by Gasteiger charge is -2.35. The number of benzene rings is 9. The van der Waals surface area contributed by atoms with Gasteiger partial charge in [0.25, 0.3) is 0 Å². The zero-order valence-corrected chi connectivity index (χ0v) is 28.4. The lowest BCUT2D eigenvalue weighted by atomic mass is 9.66. The number of para-hydroxylation sites is 2. The average Bonchev–Trinajstić information content (AvgIpc) is 3.80. The molecule has 0 bridgehead atoms. The van der Waals surface area contributed by atoms with Gasteiger partial charge in [-0.15, -0.1) is 0 Å². The van der Waals surface area contributed by atoms with Crippen LogP contribution in [0.4, 0.5) is 17.1 Å². The lowest BCUT2D eigenvalue weighted by Crippen LogP contribution is -2.29. The predicted octanol–water partition coefficient (Wildman–Crippen LogP) is 13.7. The molecule has 1 atom stereocenters. The van der Waals surface area contributed by atoms with E-state index < -0.39 is 35.6 Å². The van der Waals surface area contributed by atoms with Crippen LogP contribution in [0.15, 0.2) is 204 Å². The molecule has 1 aliphatic rings. The summed E-state index contributed by atoms with van der Waals surface area (Å²) in [5.74, 6) is 0. The molecule has 9 aromatic carbocycles. The Morgan fingerprint density at radius 2 is 1.13 bits per heavy atom. The quantitative estimate of drug-likeness (QED) is 0.180. The van der Waals surface area contributed by atoms with Gasteiger partial charge >= 0.3 is 0 Å². The first-order chi connectivity index (χ1) is 29.2. The first-order valence-corrected chi connectivity index (χ1v) is 17.7.